The van der Waals surface area contributed by atoms with Crippen molar-refractivity contribution < 1.29 is 11.0 Å². The first kappa shape index (κ1) is 18.2. The lowest BCUT2D eigenvalue weighted by Crippen LogP contribution is -2.58. The lowest BCUT2D eigenvalue weighted by Gasteiger charge is -2.44. The highest BCUT2D eigenvalue weighted by atomic mass is 16.5. The molecule has 8 heteroatoms. The van der Waals surface area contributed by atoms with Crippen LogP contribution in [0, 0.1) is 0 Å². The maximum atomic E-state index is 11.9. The minimum atomic E-state index is 0. The molecular formula is C20H26N6O2. The van der Waals surface area contributed by atoms with E-state index in [0.717, 1.165) is 22.3 Å². The average Bonchev–Trinajstić information content (AvgIpc) is 3.10. The molecule has 0 aromatic carbocycles. The zero-order valence-electron chi connectivity index (χ0n) is 16.5. The minimum Gasteiger partial charge on any atom is -0.495 e. The number of pyridine rings is 1. The summed E-state index contributed by atoms with van der Waals surface area (Å²) < 4.78 is 5.30. The fourth-order valence-corrected chi connectivity index (χ4v) is 4.07. The van der Waals surface area contributed by atoms with Crippen LogP contribution in [-0.2, 0) is 4.79 Å². The quantitative estimate of drug-likeness (QED) is 0.749. The Morgan fingerprint density at radius 1 is 1.29 bits per heavy atom. The highest BCUT2D eigenvalue weighted by molar-refractivity contribution is 5.93. The number of hydrogen-bond donors (Lipinski definition) is 1. The molecule has 0 bridgehead atoms. The van der Waals surface area contributed by atoms with E-state index in [-0.39, 0.29) is 19.4 Å². The summed E-state index contributed by atoms with van der Waals surface area (Å²) in [6.45, 7) is 7.16. The average molecular weight is 382 g/mol. The van der Waals surface area contributed by atoms with Crippen molar-refractivity contribution in [3.63, 3.8) is 0 Å². The van der Waals surface area contributed by atoms with Crippen LogP contribution < -0.4 is 9.64 Å². The molecule has 0 radical (unpaired) electrons. The molecule has 1 saturated heterocycles. The van der Waals surface area contributed by atoms with Crippen LogP contribution in [0.2, 0.25) is 0 Å². The summed E-state index contributed by atoms with van der Waals surface area (Å²) in [6, 6.07) is 4.06. The highest BCUT2D eigenvalue weighted by Crippen LogP contribution is 2.30. The van der Waals surface area contributed by atoms with Gasteiger partial charge >= 0.3 is 0 Å². The molecule has 1 amide bonds. The number of fused-ring (bicyclic) bond motifs is 1. The summed E-state index contributed by atoms with van der Waals surface area (Å²) in [6.07, 6.45) is 5.37. The summed E-state index contributed by atoms with van der Waals surface area (Å²) >= 11 is 0. The second-order valence-corrected chi connectivity index (χ2v) is 7.24. The Morgan fingerprint density at radius 3 is 2.71 bits per heavy atom. The monoisotopic (exact) mass is 382 g/mol. The number of hydrogen-bond acceptors (Lipinski definition) is 6. The summed E-state index contributed by atoms with van der Waals surface area (Å²) in [5.41, 5.74) is 2.56. The van der Waals surface area contributed by atoms with Gasteiger partial charge < -0.3 is 19.5 Å². The fourth-order valence-electron chi connectivity index (χ4n) is 4.07. The zero-order chi connectivity index (χ0) is 19.8. The van der Waals surface area contributed by atoms with Crippen LogP contribution in [0.4, 0.5) is 5.95 Å². The third-order valence-electron chi connectivity index (χ3n) is 5.23. The Kier molecular flexibility index (Phi) is 4.62. The number of anilines is 1. The Bertz CT molecular complexity index is 1010. The molecule has 3 aromatic rings. The molecule has 4 rings (SSSR count). The topological polar surface area (TPSA) is 87.2 Å². The molecule has 4 heterocycles. The number of piperazine rings is 1. The molecule has 0 saturated carbocycles. The minimum absolute atomic E-state index is 0. The highest BCUT2D eigenvalue weighted by Gasteiger charge is 2.32. The van der Waals surface area contributed by atoms with Crippen LogP contribution in [0.25, 0.3) is 22.3 Å². The van der Waals surface area contributed by atoms with Crippen LogP contribution in [0.1, 0.15) is 22.2 Å². The van der Waals surface area contributed by atoms with Gasteiger partial charge in [0.25, 0.3) is 0 Å². The predicted octanol–water partition coefficient (Wildman–Crippen LogP) is 2.72. The molecule has 1 N–H and O–H groups in total. The van der Waals surface area contributed by atoms with Gasteiger partial charge in [0.15, 0.2) is 0 Å². The zero-order valence-corrected chi connectivity index (χ0v) is 16.5. The number of H-pyrrole nitrogens is 1. The van der Waals surface area contributed by atoms with E-state index in [1.165, 1.54) is 0 Å². The van der Waals surface area contributed by atoms with Crippen LogP contribution in [0.3, 0.4) is 0 Å². The number of nitrogens with one attached hydrogen (secondary N) is 1. The summed E-state index contributed by atoms with van der Waals surface area (Å²) in [5, 5.41) is 0.951. The van der Waals surface area contributed by atoms with Crippen molar-refractivity contribution in [2.45, 2.75) is 32.9 Å². The van der Waals surface area contributed by atoms with Crippen LogP contribution in [-0.4, -0.2) is 63.0 Å². The van der Waals surface area contributed by atoms with Gasteiger partial charge in [-0.3, -0.25) is 4.79 Å². The first-order valence-electron chi connectivity index (χ1n) is 9.36. The van der Waals surface area contributed by atoms with Crippen molar-refractivity contribution in [3.8, 4) is 17.0 Å². The molecule has 2 atom stereocenters. The van der Waals surface area contributed by atoms with Crippen molar-refractivity contribution in [3.05, 3.63) is 30.7 Å². The maximum Gasteiger partial charge on any atom is 0.225 e. The van der Waals surface area contributed by atoms with Gasteiger partial charge in [-0.15, -0.1) is 0 Å². The number of aromatic nitrogens is 4. The number of amides is 1. The van der Waals surface area contributed by atoms with Crippen LogP contribution >= 0.6 is 0 Å². The van der Waals surface area contributed by atoms with Gasteiger partial charge in [0, 0.05) is 56.9 Å². The van der Waals surface area contributed by atoms with Gasteiger partial charge in [0.1, 0.15) is 11.4 Å². The van der Waals surface area contributed by atoms with E-state index in [2.05, 4.69) is 33.7 Å². The number of carbonyl (C=O) groups excluding carboxylic acids is 1. The molecule has 3 aromatic heterocycles. The Morgan fingerprint density at radius 2 is 2.04 bits per heavy atom. The maximum absolute atomic E-state index is 11.9. The van der Waals surface area contributed by atoms with Gasteiger partial charge in [-0.2, -0.15) is 0 Å². The first-order chi connectivity index (χ1) is 13.5. The van der Waals surface area contributed by atoms with E-state index < -0.39 is 0 Å². The van der Waals surface area contributed by atoms with Crippen molar-refractivity contribution in [1.29, 1.82) is 0 Å². The molecule has 0 aliphatic carbocycles. The molecule has 1 aliphatic heterocycles. The smallest absolute Gasteiger partial charge is 0.225 e. The summed E-state index contributed by atoms with van der Waals surface area (Å²) in [4.78, 5) is 32.8. The van der Waals surface area contributed by atoms with Crippen molar-refractivity contribution >= 4 is 22.9 Å². The summed E-state index contributed by atoms with van der Waals surface area (Å²) in [7, 11) is 1.63. The Hall–Kier alpha value is -3.16. The van der Waals surface area contributed by atoms with Gasteiger partial charge in [0.2, 0.25) is 11.9 Å². The Labute approximate surface area is 165 Å². The van der Waals surface area contributed by atoms with Crippen LogP contribution in [0.15, 0.2) is 30.7 Å². The van der Waals surface area contributed by atoms with E-state index in [1.807, 2.05) is 23.2 Å². The van der Waals surface area contributed by atoms with Crippen LogP contribution in [0.5, 0.6) is 5.75 Å². The fraction of sp³-hybridized carbons (Fsp3) is 0.400. The summed E-state index contributed by atoms with van der Waals surface area (Å²) in [5.74, 6) is 1.48. The van der Waals surface area contributed by atoms with Crippen molar-refractivity contribution in [1.82, 2.24) is 24.8 Å². The number of ether oxygens (including phenoxy) is 1. The molecule has 28 heavy (non-hydrogen) atoms. The SMILES string of the molecule is COc1cnc2[nH]cc(-c3ccnc(N4C[C@@H](C)N(C(C)=O)[C@@H](C)C4)n3)c2c1.[HH]. The normalized spacial score (nSPS) is 19.9. The number of nitrogens with zero attached hydrogens (tertiary/aromatic N) is 5. The lowest BCUT2D eigenvalue weighted by atomic mass is 10.1. The molecule has 0 unspecified atom stereocenters. The lowest BCUT2D eigenvalue weighted by molar-refractivity contribution is -0.133. The van der Waals surface area contributed by atoms with E-state index in [1.54, 1.807) is 26.4 Å². The van der Waals surface area contributed by atoms with Gasteiger partial charge in [0.05, 0.1) is 19.0 Å². The molecule has 1 aliphatic rings. The van der Waals surface area contributed by atoms with E-state index >= 15 is 0 Å². The largest absolute Gasteiger partial charge is 0.495 e. The molecule has 8 nitrogen and oxygen atoms in total. The van der Waals surface area contributed by atoms with Gasteiger partial charge in [-0.25, -0.2) is 15.0 Å². The van der Waals surface area contributed by atoms with E-state index in [9.17, 15) is 4.79 Å². The molecular weight excluding hydrogens is 356 g/mol. The molecule has 0 spiro atoms. The number of carbonyl (C=O) groups is 1. The number of rotatable bonds is 3. The molecule has 1 fully saturated rings. The predicted molar refractivity (Wildman–Crippen MR) is 109 cm³/mol. The molecule has 148 valence electrons. The van der Waals surface area contributed by atoms with E-state index in [0.29, 0.717) is 24.8 Å². The van der Waals surface area contributed by atoms with Crippen molar-refractivity contribution in [2.24, 2.45) is 0 Å². The number of aromatic amines is 1. The van der Waals surface area contributed by atoms with Gasteiger partial charge in [-0.05, 0) is 26.0 Å². The van der Waals surface area contributed by atoms with E-state index in [4.69, 9.17) is 9.72 Å². The Balaban J connectivity index is 0.00000240. The number of methoxy groups -OCH3 is 1. The standard InChI is InChI=1S/C20H24N6O2.H2/c1-12-10-25(11-13(2)26(12)14(3)27)20-21-6-5-18(24-20)17-9-23-19-16(17)7-15(28-4)8-22-19;/h5-9,12-13H,10-11H2,1-4H3,(H,22,23);1H/t12-,13+;. The second-order valence-electron chi connectivity index (χ2n) is 7.24. The third-order valence-corrected chi connectivity index (χ3v) is 5.23. The van der Waals surface area contributed by atoms with Crippen molar-refractivity contribution in [2.75, 3.05) is 25.1 Å². The first-order valence-corrected chi connectivity index (χ1v) is 9.36. The van der Waals surface area contributed by atoms with Gasteiger partial charge in [-0.1, -0.05) is 0 Å². The third kappa shape index (κ3) is 3.15. The second kappa shape index (κ2) is 7.10.